The molecule has 7 rings (SSSR count). The van der Waals surface area contributed by atoms with Crippen molar-refractivity contribution in [3.63, 3.8) is 0 Å². The Morgan fingerprint density at radius 2 is 1.68 bits per heavy atom. The second-order valence-corrected chi connectivity index (χ2v) is 18.7. The summed E-state index contributed by atoms with van der Waals surface area (Å²) in [7, 11) is -3.83. The molecule has 2 aromatic carbocycles. The zero-order valence-electron chi connectivity index (χ0n) is 30.5. The Hall–Kier alpha value is -4.07. The molecule has 1 aromatic heterocycles. The third kappa shape index (κ3) is 8.52. The van der Waals surface area contributed by atoms with Crippen LogP contribution in [0, 0.1) is 5.92 Å². The Bertz CT molecular complexity index is 1900. The first-order chi connectivity index (χ1) is 25.3. The van der Waals surface area contributed by atoms with Gasteiger partial charge in [-0.2, -0.15) is 0 Å². The summed E-state index contributed by atoms with van der Waals surface area (Å²) in [4.78, 5) is 50.4. The molecule has 3 aromatic rings. The van der Waals surface area contributed by atoms with E-state index in [2.05, 4.69) is 27.5 Å². The first kappa shape index (κ1) is 37.3. The molecule has 0 spiro atoms. The van der Waals surface area contributed by atoms with Crippen LogP contribution < -0.4 is 15.4 Å². The second kappa shape index (κ2) is 15.0. The van der Waals surface area contributed by atoms with Crippen molar-refractivity contribution in [2.24, 2.45) is 5.92 Å². The fourth-order valence-corrected chi connectivity index (χ4v) is 9.86. The van der Waals surface area contributed by atoms with Crippen molar-refractivity contribution in [3.05, 3.63) is 72.8 Å². The third-order valence-electron chi connectivity index (χ3n) is 10.4. The number of anilines is 1. The van der Waals surface area contributed by atoms with Gasteiger partial charge in [0.25, 0.3) is 5.91 Å². The number of carbonyl (C=O) groups excluding carboxylic acids is 3. The number of thiazole rings is 1. The van der Waals surface area contributed by atoms with E-state index in [1.807, 2.05) is 81.5 Å². The molecule has 3 heterocycles. The van der Waals surface area contributed by atoms with Gasteiger partial charge in [-0.1, -0.05) is 97.0 Å². The maximum Gasteiger partial charge on any atom is 0.259 e. The summed E-state index contributed by atoms with van der Waals surface area (Å²) in [6, 6.07) is 18.4. The van der Waals surface area contributed by atoms with E-state index in [9.17, 15) is 22.8 Å². The van der Waals surface area contributed by atoms with Crippen LogP contribution in [-0.2, 0) is 29.1 Å². The first-order valence-electron chi connectivity index (χ1n) is 18.7. The normalized spacial score (nSPS) is 27.4. The SMILES string of the molecule is CC(C)(C)O[C@@H]1C[C@H]2C(=O)N[C@]3(C(=O)NS(=O)(=O)C4CC4)C[C@@H]3/C=C\CCCCC[C@H](Nc3nc(-c4ccccc4)c(-c4ccccc4)s3)C(=O)N2C1. The van der Waals surface area contributed by atoms with Gasteiger partial charge in [0.2, 0.25) is 21.8 Å². The van der Waals surface area contributed by atoms with E-state index in [-0.39, 0.29) is 31.2 Å². The topological polar surface area (TPSA) is 147 Å². The van der Waals surface area contributed by atoms with Crippen molar-refractivity contribution in [2.45, 2.75) is 113 Å². The van der Waals surface area contributed by atoms with Gasteiger partial charge in [0.05, 0.1) is 27.5 Å². The van der Waals surface area contributed by atoms with Gasteiger partial charge >= 0.3 is 0 Å². The summed E-state index contributed by atoms with van der Waals surface area (Å²) >= 11 is 1.49. The highest BCUT2D eigenvalue weighted by atomic mass is 32.2. The highest BCUT2D eigenvalue weighted by Gasteiger charge is 2.62. The number of hydrogen-bond acceptors (Lipinski definition) is 9. The number of nitrogens with zero attached hydrogens (tertiary/aromatic N) is 2. The molecule has 53 heavy (non-hydrogen) atoms. The van der Waals surface area contributed by atoms with Crippen LogP contribution in [0.5, 0.6) is 0 Å². The van der Waals surface area contributed by atoms with Crippen molar-refractivity contribution >= 4 is 44.2 Å². The number of sulfonamides is 1. The Morgan fingerprint density at radius 1 is 0.981 bits per heavy atom. The van der Waals surface area contributed by atoms with Crippen LogP contribution in [0.15, 0.2) is 72.8 Å². The molecule has 2 aliphatic heterocycles. The Morgan fingerprint density at radius 3 is 2.36 bits per heavy atom. The average Bonchev–Trinajstić information content (AvgIpc) is 4.02. The molecule has 3 N–H and O–H groups in total. The summed E-state index contributed by atoms with van der Waals surface area (Å²) in [5.41, 5.74) is 0.888. The second-order valence-electron chi connectivity index (χ2n) is 15.7. The molecule has 3 amide bonds. The molecule has 3 fully saturated rings. The molecule has 1 saturated heterocycles. The number of nitrogens with one attached hydrogen (secondary N) is 3. The monoisotopic (exact) mass is 759 g/mol. The maximum absolute atomic E-state index is 14.8. The van der Waals surface area contributed by atoms with E-state index in [0.29, 0.717) is 24.4 Å². The molecule has 0 unspecified atom stereocenters. The van der Waals surface area contributed by atoms with Crippen LogP contribution in [0.25, 0.3) is 21.7 Å². The lowest BCUT2D eigenvalue weighted by Crippen LogP contribution is -2.57. The van der Waals surface area contributed by atoms with Crippen LogP contribution in [0.3, 0.4) is 0 Å². The first-order valence-corrected chi connectivity index (χ1v) is 21.1. The molecule has 0 radical (unpaired) electrons. The third-order valence-corrected chi connectivity index (χ3v) is 13.2. The van der Waals surface area contributed by atoms with Crippen LogP contribution >= 0.6 is 11.3 Å². The van der Waals surface area contributed by atoms with E-state index < -0.39 is 56.4 Å². The zero-order valence-corrected chi connectivity index (χ0v) is 32.2. The number of aromatic nitrogens is 1. The largest absolute Gasteiger partial charge is 0.371 e. The van der Waals surface area contributed by atoms with E-state index >= 15 is 0 Å². The molecule has 2 saturated carbocycles. The Kier molecular flexibility index (Phi) is 10.5. The predicted octanol–water partition coefficient (Wildman–Crippen LogP) is 6.05. The standard InChI is InChI=1S/C40H49N5O6S2/c1-39(2,3)51-29-23-32-35(46)43-40(37(48)44-53(49,50)30-21-22-30)24-28(40)19-13-5-4-6-14-20-31(36(47)45(32)25-29)41-38-42-33(26-15-9-7-10-16-26)34(52-38)27-17-11-8-12-18-27/h7-13,15-19,28-32H,4-6,14,20-25H2,1-3H3,(H,41,42)(H,43,46)(H,44,48)/b19-13-/t28-,29+,31-,32-,40+/m0/s1. The van der Waals surface area contributed by atoms with Gasteiger partial charge in [-0.3, -0.25) is 19.1 Å². The lowest BCUT2D eigenvalue weighted by Gasteiger charge is -2.30. The van der Waals surface area contributed by atoms with E-state index in [4.69, 9.17) is 9.72 Å². The summed E-state index contributed by atoms with van der Waals surface area (Å²) in [6.45, 7) is 6.02. The van der Waals surface area contributed by atoms with Crippen LogP contribution in [0.4, 0.5) is 5.13 Å². The number of hydrogen-bond donors (Lipinski definition) is 3. The number of ether oxygens (including phenoxy) is 1. The van der Waals surface area contributed by atoms with E-state index in [0.717, 1.165) is 47.4 Å². The van der Waals surface area contributed by atoms with Gasteiger partial charge in [-0.25, -0.2) is 13.4 Å². The Labute approximate surface area is 316 Å². The fraction of sp³-hybridized carbons (Fsp3) is 0.500. The van der Waals surface area contributed by atoms with Crippen molar-refractivity contribution in [1.29, 1.82) is 0 Å². The number of amides is 3. The fourth-order valence-electron chi connectivity index (χ4n) is 7.46. The molecule has 13 heteroatoms. The zero-order chi connectivity index (χ0) is 37.4. The number of carbonyl (C=O) groups is 3. The van der Waals surface area contributed by atoms with E-state index in [1.54, 1.807) is 4.90 Å². The van der Waals surface area contributed by atoms with Gasteiger partial charge in [-0.15, -0.1) is 0 Å². The van der Waals surface area contributed by atoms with Gasteiger partial charge in [0, 0.05) is 24.4 Å². The minimum Gasteiger partial charge on any atom is -0.371 e. The summed E-state index contributed by atoms with van der Waals surface area (Å²) in [5, 5.41) is 6.48. The van der Waals surface area contributed by atoms with Gasteiger partial charge < -0.3 is 20.3 Å². The van der Waals surface area contributed by atoms with Gasteiger partial charge in [0.15, 0.2) is 5.13 Å². The maximum atomic E-state index is 14.8. The molecule has 282 valence electrons. The molecular formula is C40H49N5O6S2. The number of fused-ring (bicyclic) bond motifs is 2. The number of benzene rings is 2. The quantitative estimate of drug-likeness (QED) is 0.236. The summed E-state index contributed by atoms with van der Waals surface area (Å²) < 4.78 is 34.2. The highest BCUT2D eigenvalue weighted by Crippen LogP contribution is 2.46. The molecule has 0 bridgehead atoms. The average molecular weight is 760 g/mol. The summed E-state index contributed by atoms with van der Waals surface area (Å²) in [6.07, 6.45) is 8.91. The van der Waals surface area contributed by atoms with Gasteiger partial charge in [0.1, 0.15) is 17.6 Å². The van der Waals surface area contributed by atoms with E-state index in [1.165, 1.54) is 11.3 Å². The lowest BCUT2D eigenvalue weighted by molar-refractivity contribution is -0.140. The van der Waals surface area contributed by atoms with Crippen molar-refractivity contribution < 1.29 is 27.5 Å². The minimum absolute atomic E-state index is 0.202. The predicted molar refractivity (Wildman–Crippen MR) is 206 cm³/mol. The van der Waals surface area contributed by atoms with Crippen LogP contribution in [-0.4, -0.2) is 77.1 Å². The molecule has 2 aliphatic carbocycles. The molecule has 11 nitrogen and oxygen atoms in total. The minimum atomic E-state index is -3.83. The number of rotatable bonds is 8. The van der Waals surface area contributed by atoms with Crippen molar-refractivity contribution in [1.82, 2.24) is 19.9 Å². The molecule has 4 aliphatic rings. The van der Waals surface area contributed by atoms with Crippen LogP contribution in [0.2, 0.25) is 0 Å². The van der Waals surface area contributed by atoms with Crippen molar-refractivity contribution in [2.75, 3.05) is 11.9 Å². The Balaban J connectivity index is 1.20. The van der Waals surface area contributed by atoms with Crippen LogP contribution in [0.1, 0.15) is 78.6 Å². The smallest absolute Gasteiger partial charge is 0.259 e. The molecular weight excluding hydrogens is 711 g/mol. The lowest BCUT2D eigenvalue weighted by atomic mass is 10.0. The molecule has 5 atom stereocenters. The highest BCUT2D eigenvalue weighted by molar-refractivity contribution is 7.91. The van der Waals surface area contributed by atoms with Crippen molar-refractivity contribution in [3.8, 4) is 21.7 Å². The van der Waals surface area contributed by atoms with Gasteiger partial charge in [-0.05, 0) is 64.9 Å². The summed E-state index contributed by atoms with van der Waals surface area (Å²) in [5.74, 6) is -1.80. The number of allylic oxidation sites excluding steroid dienone is 1.